The van der Waals surface area contributed by atoms with Crippen LogP contribution in [0.4, 0.5) is 5.69 Å². The number of sulfonamides is 1. The van der Waals surface area contributed by atoms with Gasteiger partial charge < -0.3 is 4.90 Å². The summed E-state index contributed by atoms with van der Waals surface area (Å²) in [7, 11) is -4.00. The van der Waals surface area contributed by atoms with Gasteiger partial charge in [-0.2, -0.15) is 0 Å². The average molecular weight is 415 g/mol. The number of amides is 1. The molecule has 0 radical (unpaired) electrons. The molecule has 0 fully saturated rings. The molecule has 0 aliphatic carbocycles. The van der Waals surface area contributed by atoms with Crippen molar-refractivity contribution in [2.24, 2.45) is 0 Å². The van der Waals surface area contributed by atoms with E-state index in [0.717, 1.165) is 4.31 Å². The molecule has 0 aliphatic heterocycles. The van der Waals surface area contributed by atoms with E-state index in [9.17, 15) is 13.2 Å². The number of carbonyl (C=O) groups is 1. The van der Waals surface area contributed by atoms with Crippen LogP contribution >= 0.6 is 23.2 Å². The molecule has 26 heavy (non-hydrogen) atoms. The molecule has 0 aliphatic rings. The molecule has 0 bridgehead atoms. The number of nitrogens with zero attached hydrogens (tertiary/aromatic N) is 2. The molecule has 2 aromatic carbocycles. The molecular weight excluding hydrogens is 395 g/mol. The van der Waals surface area contributed by atoms with Crippen LogP contribution in [0.25, 0.3) is 0 Å². The fourth-order valence-corrected chi connectivity index (χ4v) is 4.40. The highest BCUT2D eigenvalue weighted by atomic mass is 35.5. The van der Waals surface area contributed by atoms with Gasteiger partial charge in [0.2, 0.25) is 5.91 Å². The summed E-state index contributed by atoms with van der Waals surface area (Å²) in [5.74, 6) is -0.314. The lowest BCUT2D eigenvalue weighted by Crippen LogP contribution is -2.43. The maximum Gasteiger partial charge on any atom is 0.264 e. The second-order valence-corrected chi connectivity index (χ2v) is 8.11. The lowest BCUT2D eigenvalue weighted by molar-refractivity contribution is -0.129. The number of hydrogen-bond donors (Lipinski definition) is 0. The Morgan fingerprint density at radius 1 is 0.962 bits per heavy atom. The molecule has 5 nitrogen and oxygen atoms in total. The number of hydrogen-bond acceptors (Lipinski definition) is 3. The topological polar surface area (TPSA) is 57.7 Å². The highest BCUT2D eigenvalue weighted by Gasteiger charge is 2.30. The quantitative estimate of drug-likeness (QED) is 0.686. The molecule has 140 valence electrons. The van der Waals surface area contributed by atoms with E-state index >= 15 is 0 Å². The molecule has 0 spiro atoms. The number of carbonyl (C=O) groups excluding carboxylic acids is 1. The molecule has 2 aromatic rings. The van der Waals surface area contributed by atoms with Gasteiger partial charge in [0, 0.05) is 13.1 Å². The Bertz CT molecular complexity index is 869. The SMILES string of the molecule is CCN(CC)C(=O)CN(c1cccc(Cl)c1Cl)S(=O)(=O)c1ccccc1. The summed E-state index contributed by atoms with van der Waals surface area (Å²) in [5.41, 5.74) is 0.170. The van der Waals surface area contributed by atoms with Crippen LogP contribution in [0.5, 0.6) is 0 Å². The summed E-state index contributed by atoms with van der Waals surface area (Å²) < 4.78 is 27.4. The zero-order valence-electron chi connectivity index (χ0n) is 14.5. The molecule has 1 amide bonds. The molecule has 0 saturated carbocycles. The average Bonchev–Trinajstić information content (AvgIpc) is 2.64. The van der Waals surface area contributed by atoms with Crippen LogP contribution in [0, 0.1) is 0 Å². The van der Waals surface area contributed by atoms with Crippen LogP contribution < -0.4 is 4.31 Å². The monoisotopic (exact) mass is 414 g/mol. The third-order valence-corrected chi connectivity index (χ3v) is 6.51. The number of halogens is 2. The van der Waals surface area contributed by atoms with Crippen molar-refractivity contribution in [1.29, 1.82) is 0 Å². The molecule has 2 rings (SSSR count). The second kappa shape index (κ2) is 8.75. The van der Waals surface area contributed by atoms with Crippen molar-refractivity contribution in [3.05, 3.63) is 58.6 Å². The van der Waals surface area contributed by atoms with E-state index < -0.39 is 10.0 Å². The molecule has 0 atom stereocenters. The normalized spacial score (nSPS) is 11.2. The first-order valence-corrected chi connectivity index (χ1v) is 10.3. The smallest absolute Gasteiger partial charge is 0.264 e. The minimum atomic E-state index is -4.00. The summed E-state index contributed by atoms with van der Waals surface area (Å²) >= 11 is 12.3. The van der Waals surface area contributed by atoms with Crippen molar-refractivity contribution in [3.8, 4) is 0 Å². The maximum absolute atomic E-state index is 13.2. The van der Waals surface area contributed by atoms with E-state index in [2.05, 4.69) is 0 Å². The Balaban J connectivity index is 2.56. The van der Waals surface area contributed by atoms with Gasteiger partial charge in [-0.3, -0.25) is 9.10 Å². The molecular formula is C18H20Cl2N2O3S. The van der Waals surface area contributed by atoms with Gasteiger partial charge in [-0.05, 0) is 38.1 Å². The Morgan fingerprint density at radius 3 is 2.15 bits per heavy atom. The van der Waals surface area contributed by atoms with E-state index in [-0.39, 0.29) is 33.1 Å². The van der Waals surface area contributed by atoms with Gasteiger partial charge in [0.15, 0.2) is 0 Å². The summed E-state index contributed by atoms with van der Waals surface area (Å²) in [6.07, 6.45) is 0. The Labute approximate surface area is 164 Å². The number of likely N-dealkylation sites (N-methyl/N-ethyl adjacent to an activating group) is 1. The second-order valence-electron chi connectivity index (χ2n) is 5.46. The van der Waals surface area contributed by atoms with Crippen LogP contribution in [-0.2, 0) is 14.8 Å². The standard InChI is InChI=1S/C18H20Cl2N2O3S/c1-3-21(4-2)17(23)13-22(16-12-8-11-15(19)18(16)20)26(24,25)14-9-6-5-7-10-14/h5-12H,3-4,13H2,1-2H3. The predicted octanol–water partition coefficient (Wildman–Crippen LogP) is 4.06. The first-order chi connectivity index (χ1) is 12.3. The Hall–Kier alpha value is -1.76. The minimum absolute atomic E-state index is 0.0726. The third-order valence-electron chi connectivity index (χ3n) is 3.93. The lowest BCUT2D eigenvalue weighted by Gasteiger charge is -2.28. The lowest BCUT2D eigenvalue weighted by atomic mass is 10.3. The van der Waals surface area contributed by atoms with Crippen molar-refractivity contribution in [1.82, 2.24) is 4.90 Å². The minimum Gasteiger partial charge on any atom is -0.342 e. The summed E-state index contributed by atoms with van der Waals surface area (Å²) in [6.45, 7) is 4.28. The predicted molar refractivity (Wildman–Crippen MR) is 105 cm³/mol. The maximum atomic E-state index is 13.2. The van der Waals surface area contributed by atoms with Crippen LogP contribution in [0.2, 0.25) is 10.0 Å². The molecule has 0 N–H and O–H groups in total. The zero-order valence-corrected chi connectivity index (χ0v) is 16.9. The van der Waals surface area contributed by atoms with E-state index in [1.165, 1.54) is 18.2 Å². The number of rotatable bonds is 7. The van der Waals surface area contributed by atoms with E-state index in [4.69, 9.17) is 23.2 Å². The van der Waals surface area contributed by atoms with Gasteiger partial charge in [-0.1, -0.05) is 47.5 Å². The van der Waals surface area contributed by atoms with E-state index in [0.29, 0.717) is 13.1 Å². The summed E-state index contributed by atoms with van der Waals surface area (Å²) in [6, 6.07) is 12.6. The molecule has 0 heterocycles. The van der Waals surface area contributed by atoms with Gasteiger partial charge in [0.1, 0.15) is 6.54 Å². The van der Waals surface area contributed by atoms with Gasteiger partial charge in [0.25, 0.3) is 10.0 Å². The van der Waals surface area contributed by atoms with Crippen LogP contribution in [0.15, 0.2) is 53.4 Å². The molecule has 8 heteroatoms. The van der Waals surface area contributed by atoms with E-state index in [1.807, 2.05) is 13.8 Å². The summed E-state index contributed by atoms with van der Waals surface area (Å²) in [4.78, 5) is 14.2. The fourth-order valence-electron chi connectivity index (χ4n) is 2.50. The van der Waals surface area contributed by atoms with Crippen LogP contribution in [0.1, 0.15) is 13.8 Å². The van der Waals surface area contributed by atoms with Crippen molar-refractivity contribution in [3.63, 3.8) is 0 Å². The van der Waals surface area contributed by atoms with E-state index in [1.54, 1.807) is 35.2 Å². The van der Waals surface area contributed by atoms with Gasteiger partial charge in [0.05, 0.1) is 20.6 Å². The first kappa shape index (κ1) is 20.6. The highest BCUT2D eigenvalue weighted by molar-refractivity contribution is 7.92. The highest BCUT2D eigenvalue weighted by Crippen LogP contribution is 2.35. The Kier molecular flexibility index (Phi) is 6.92. The van der Waals surface area contributed by atoms with Gasteiger partial charge in [-0.25, -0.2) is 8.42 Å². The fraction of sp³-hybridized carbons (Fsp3) is 0.278. The first-order valence-electron chi connectivity index (χ1n) is 8.12. The Morgan fingerprint density at radius 2 is 1.58 bits per heavy atom. The third kappa shape index (κ3) is 4.31. The van der Waals surface area contributed by atoms with Crippen molar-refractivity contribution in [2.75, 3.05) is 23.9 Å². The molecule has 0 unspecified atom stereocenters. The summed E-state index contributed by atoms with van der Waals surface area (Å²) in [5, 5.41) is 0.300. The number of anilines is 1. The zero-order chi connectivity index (χ0) is 19.3. The van der Waals surface area contributed by atoms with Gasteiger partial charge >= 0.3 is 0 Å². The van der Waals surface area contributed by atoms with Crippen LogP contribution in [-0.4, -0.2) is 38.9 Å². The molecule has 0 saturated heterocycles. The largest absolute Gasteiger partial charge is 0.342 e. The molecule has 0 aromatic heterocycles. The van der Waals surface area contributed by atoms with Crippen molar-refractivity contribution < 1.29 is 13.2 Å². The van der Waals surface area contributed by atoms with Crippen LogP contribution in [0.3, 0.4) is 0 Å². The van der Waals surface area contributed by atoms with Crippen molar-refractivity contribution >= 4 is 44.8 Å². The number of benzene rings is 2. The van der Waals surface area contributed by atoms with Crippen molar-refractivity contribution in [2.45, 2.75) is 18.7 Å². The van der Waals surface area contributed by atoms with Gasteiger partial charge in [-0.15, -0.1) is 0 Å².